The second-order valence-electron chi connectivity index (χ2n) is 3.91. The first-order valence-electron chi connectivity index (χ1n) is 4.96. The topological polar surface area (TPSA) is 34.0 Å². The van der Waals surface area contributed by atoms with Crippen LogP contribution in [0.5, 0.6) is 0 Å². The van der Waals surface area contributed by atoms with Crippen LogP contribution in [0.25, 0.3) is 11.0 Å². The lowest BCUT2D eigenvalue weighted by atomic mass is 10.1. The molecular formula is C11H12N4-2. The summed E-state index contributed by atoms with van der Waals surface area (Å²) in [6, 6.07) is 0. The summed E-state index contributed by atoms with van der Waals surface area (Å²) in [4.78, 5) is 10.4. The second-order valence-corrected chi connectivity index (χ2v) is 3.91. The molecule has 0 unspecified atom stereocenters. The third kappa shape index (κ3) is 1.15. The van der Waals surface area contributed by atoms with Crippen LogP contribution in [0, 0.1) is 14.1 Å². The number of hydrogen-bond acceptors (Lipinski definition) is 3. The van der Waals surface area contributed by atoms with Crippen LogP contribution in [-0.4, -0.2) is 26.0 Å². The van der Waals surface area contributed by atoms with Gasteiger partial charge in [-0.3, -0.25) is 12.0 Å². The van der Waals surface area contributed by atoms with Gasteiger partial charge in [0.25, 0.3) is 0 Å². The zero-order valence-electron chi connectivity index (χ0n) is 8.48. The van der Waals surface area contributed by atoms with Crippen LogP contribution in [0.15, 0.2) is 12.5 Å². The van der Waals surface area contributed by atoms with Crippen molar-refractivity contribution in [3.05, 3.63) is 37.9 Å². The molecule has 4 heteroatoms. The first-order chi connectivity index (χ1) is 7.27. The van der Waals surface area contributed by atoms with Crippen molar-refractivity contribution in [2.75, 3.05) is 6.54 Å². The van der Waals surface area contributed by atoms with Crippen LogP contribution in [0.3, 0.4) is 0 Å². The van der Waals surface area contributed by atoms with Gasteiger partial charge in [-0.2, -0.15) is 0 Å². The van der Waals surface area contributed by atoms with E-state index >= 15 is 0 Å². The Balaban J connectivity index is 2.32. The van der Waals surface area contributed by atoms with Crippen LogP contribution in [-0.2, 0) is 13.0 Å². The van der Waals surface area contributed by atoms with Gasteiger partial charge in [-0.1, -0.05) is 11.3 Å². The molecule has 0 radical (unpaired) electrons. The fourth-order valence-corrected chi connectivity index (χ4v) is 2.20. The highest BCUT2D eigenvalue weighted by Gasteiger charge is 2.12. The van der Waals surface area contributed by atoms with E-state index in [-0.39, 0.29) is 0 Å². The Morgan fingerprint density at radius 3 is 3.07 bits per heavy atom. The van der Waals surface area contributed by atoms with E-state index in [9.17, 15) is 0 Å². The fourth-order valence-electron chi connectivity index (χ4n) is 2.20. The monoisotopic (exact) mass is 200 g/mol. The zero-order chi connectivity index (χ0) is 10.4. The molecule has 0 N–H and O–H groups in total. The minimum absolute atomic E-state index is 0.842. The third-order valence-corrected chi connectivity index (χ3v) is 3.00. The van der Waals surface area contributed by atoms with Gasteiger partial charge in [-0.15, -0.1) is 7.05 Å². The largest absolute Gasteiger partial charge is 0.481 e. The Bertz CT molecular complexity index is 515. The molecule has 0 atom stereocenters. The molecule has 1 aliphatic rings. The van der Waals surface area contributed by atoms with E-state index in [1.54, 1.807) is 6.33 Å². The first-order valence-corrected chi connectivity index (χ1v) is 4.96. The average Bonchev–Trinajstić information content (AvgIpc) is 2.54. The van der Waals surface area contributed by atoms with Crippen molar-refractivity contribution >= 4 is 11.0 Å². The number of nitrogens with zero attached hydrogens (tertiary/aromatic N) is 4. The molecule has 0 aliphatic carbocycles. The number of fused-ring (bicyclic) bond motifs is 3. The number of rotatable bonds is 0. The normalized spacial score (nSPS) is 16.9. The fraction of sp³-hybridized carbons (Fsp3) is 0.273. The molecule has 0 amide bonds. The maximum atomic E-state index is 4.33. The van der Waals surface area contributed by atoms with Gasteiger partial charge >= 0.3 is 0 Å². The molecule has 0 bridgehead atoms. The average molecular weight is 200 g/mol. The minimum atomic E-state index is 0.842. The highest BCUT2D eigenvalue weighted by molar-refractivity contribution is 5.81. The molecule has 2 aromatic rings. The molecule has 0 aromatic carbocycles. The Hall–Kier alpha value is -1.55. The highest BCUT2D eigenvalue weighted by atomic mass is 15.1. The van der Waals surface area contributed by atoms with Crippen molar-refractivity contribution in [1.82, 2.24) is 19.4 Å². The molecule has 4 nitrogen and oxygen atoms in total. The van der Waals surface area contributed by atoms with Gasteiger partial charge in [0, 0.05) is 5.52 Å². The summed E-state index contributed by atoms with van der Waals surface area (Å²) >= 11 is 0. The Kier molecular flexibility index (Phi) is 1.73. The standard InChI is InChI=1S/C11H12N4/c1-14-4-3-8-10(6-14)15(2)9-5-12-7-13-11(8)9/h5,7H,1-4,6H2/q-2. The SMILES string of the molecule is [CH2-]N1CCc2c(n([CH2-])c3cncnc23)C1. The summed E-state index contributed by atoms with van der Waals surface area (Å²) < 4.78 is 1.93. The van der Waals surface area contributed by atoms with Crippen molar-refractivity contribution in [1.29, 1.82) is 0 Å². The Morgan fingerprint density at radius 2 is 2.20 bits per heavy atom. The van der Waals surface area contributed by atoms with Crippen LogP contribution in [0.4, 0.5) is 0 Å². The summed E-state index contributed by atoms with van der Waals surface area (Å²) in [7, 11) is 8.00. The van der Waals surface area contributed by atoms with Gasteiger partial charge < -0.3 is 9.47 Å². The van der Waals surface area contributed by atoms with Gasteiger partial charge in [0.15, 0.2) is 0 Å². The van der Waals surface area contributed by atoms with Crippen molar-refractivity contribution in [3.63, 3.8) is 0 Å². The van der Waals surface area contributed by atoms with E-state index < -0.39 is 0 Å². The molecule has 3 rings (SSSR count). The van der Waals surface area contributed by atoms with Gasteiger partial charge in [0.1, 0.15) is 6.33 Å². The van der Waals surface area contributed by atoms with Crippen LogP contribution in [0.2, 0.25) is 0 Å². The Labute approximate surface area is 88.6 Å². The summed E-state index contributed by atoms with van der Waals surface area (Å²) in [5.41, 5.74) is 4.58. The number of aromatic nitrogens is 3. The molecule has 0 spiro atoms. The molecule has 0 fully saturated rings. The molecule has 78 valence electrons. The summed E-state index contributed by atoms with van der Waals surface area (Å²) in [5.74, 6) is 0. The van der Waals surface area contributed by atoms with Gasteiger partial charge in [-0.05, 0) is 31.2 Å². The van der Waals surface area contributed by atoms with E-state index in [0.717, 1.165) is 30.5 Å². The van der Waals surface area contributed by atoms with Gasteiger partial charge in [0.2, 0.25) is 0 Å². The molecular weight excluding hydrogens is 188 g/mol. The van der Waals surface area contributed by atoms with Crippen molar-refractivity contribution in [2.24, 2.45) is 0 Å². The van der Waals surface area contributed by atoms with Crippen molar-refractivity contribution < 1.29 is 0 Å². The van der Waals surface area contributed by atoms with E-state index in [2.05, 4.69) is 29.0 Å². The second kappa shape index (κ2) is 2.97. The molecule has 0 saturated carbocycles. The summed E-state index contributed by atoms with van der Waals surface area (Å²) in [5, 5.41) is 0. The van der Waals surface area contributed by atoms with Crippen molar-refractivity contribution in [2.45, 2.75) is 13.0 Å². The number of hydrogen-bond donors (Lipinski definition) is 0. The van der Waals surface area contributed by atoms with Crippen LogP contribution >= 0.6 is 0 Å². The maximum absolute atomic E-state index is 4.33. The van der Waals surface area contributed by atoms with Crippen LogP contribution in [0.1, 0.15) is 11.3 Å². The van der Waals surface area contributed by atoms with Gasteiger partial charge in [0.05, 0.1) is 0 Å². The van der Waals surface area contributed by atoms with E-state index in [0.29, 0.717) is 0 Å². The molecule has 2 aromatic heterocycles. The van der Waals surface area contributed by atoms with E-state index in [4.69, 9.17) is 0 Å². The van der Waals surface area contributed by atoms with Gasteiger partial charge in [-0.25, -0.2) is 4.98 Å². The lowest BCUT2D eigenvalue weighted by molar-refractivity contribution is 0.341. The Morgan fingerprint density at radius 1 is 1.33 bits per heavy atom. The molecule has 15 heavy (non-hydrogen) atoms. The van der Waals surface area contributed by atoms with E-state index in [1.165, 1.54) is 11.3 Å². The summed E-state index contributed by atoms with van der Waals surface area (Å²) in [6.07, 6.45) is 4.41. The third-order valence-electron chi connectivity index (χ3n) is 3.00. The van der Waals surface area contributed by atoms with Crippen LogP contribution < -0.4 is 0 Å². The van der Waals surface area contributed by atoms with E-state index in [1.807, 2.05) is 10.8 Å². The maximum Gasteiger partial charge on any atom is 0.113 e. The zero-order valence-corrected chi connectivity index (χ0v) is 8.48. The lowest BCUT2D eigenvalue weighted by Crippen LogP contribution is -2.25. The minimum Gasteiger partial charge on any atom is -0.481 e. The quantitative estimate of drug-likeness (QED) is 0.600. The lowest BCUT2D eigenvalue weighted by Gasteiger charge is -2.34. The first kappa shape index (κ1) is 8.73. The predicted octanol–water partition coefficient (Wildman–Crippen LogP) is 1.22. The molecule has 1 aliphatic heterocycles. The summed E-state index contributed by atoms with van der Waals surface area (Å²) in [6.45, 7) is 1.82. The van der Waals surface area contributed by atoms with Crippen molar-refractivity contribution in [3.8, 4) is 0 Å². The molecule has 3 heterocycles. The highest BCUT2D eigenvalue weighted by Crippen LogP contribution is 2.27. The predicted molar refractivity (Wildman–Crippen MR) is 57.8 cm³/mol. The smallest absolute Gasteiger partial charge is 0.113 e. The molecule has 0 saturated heterocycles.